The van der Waals surface area contributed by atoms with Crippen molar-refractivity contribution in [3.05, 3.63) is 0 Å². The largest absolute Gasteiger partial charge is 0.0654 e. The van der Waals surface area contributed by atoms with Gasteiger partial charge in [0.1, 0.15) is 0 Å². The van der Waals surface area contributed by atoms with E-state index in [2.05, 4.69) is 83.1 Å². The van der Waals surface area contributed by atoms with Crippen LogP contribution in [0.3, 0.4) is 0 Å². The van der Waals surface area contributed by atoms with Crippen LogP contribution in [-0.2, 0) is 0 Å². The molecule has 1 aliphatic carbocycles. The summed E-state index contributed by atoms with van der Waals surface area (Å²) in [6.45, 7) is 29.8. The molecule has 0 aromatic carbocycles. The topological polar surface area (TPSA) is 0 Å². The molecule has 0 aliphatic heterocycles. The van der Waals surface area contributed by atoms with Gasteiger partial charge in [-0.25, -0.2) is 0 Å². The fourth-order valence-electron chi connectivity index (χ4n) is 7.29. The van der Waals surface area contributed by atoms with Crippen LogP contribution in [0.15, 0.2) is 0 Å². The first-order valence-corrected chi connectivity index (χ1v) is 12.1. The molecule has 0 bridgehead atoms. The van der Waals surface area contributed by atoms with E-state index in [4.69, 9.17) is 0 Å². The number of rotatable bonds is 12. The minimum atomic E-state index is 0.449. The van der Waals surface area contributed by atoms with E-state index in [1.807, 2.05) is 0 Å². The van der Waals surface area contributed by atoms with Gasteiger partial charge in [-0.1, -0.05) is 109 Å². The van der Waals surface area contributed by atoms with E-state index in [0.29, 0.717) is 21.7 Å². The Morgan fingerprint density at radius 3 is 1.70 bits per heavy atom. The average Bonchev–Trinajstić information content (AvgIpc) is 2.91. The van der Waals surface area contributed by atoms with Gasteiger partial charge in [-0.15, -0.1) is 0 Å². The maximum atomic E-state index is 2.57. The predicted octanol–water partition coefficient (Wildman–Crippen LogP) is 9.38. The number of hydrogen-bond acceptors (Lipinski definition) is 0. The molecule has 0 spiro atoms. The van der Waals surface area contributed by atoms with Crippen LogP contribution < -0.4 is 0 Å². The molecule has 162 valence electrons. The van der Waals surface area contributed by atoms with Crippen LogP contribution >= 0.6 is 0 Å². The Labute approximate surface area is 173 Å². The summed E-state index contributed by atoms with van der Waals surface area (Å²) >= 11 is 0. The molecular weight excluding hydrogens is 324 g/mol. The molecule has 1 fully saturated rings. The molecule has 3 unspecified atom stereocenters. The lowest BCUT2D eigenvalue weighted by atomic mass is 9.67. The molecule has 0 heteroatoms. The molecule has 1 rings (SSSR count). The van der Waals surface area contributed by atoms with Crippen molar-refractivity contribution in [2.45, 2.75) is 128 Å². The van der Waals surface area contributed by atoms with E-state index in [9.17, 15) is 0 Å². The molecule has 1 saturated carbocycles. The van der Waals surface area contributed by atoms with E-state index in [0.717, 1.165) is 23.7 Å². The fraction of sp³-hybridized carbons (Fsp3) is 1.00. The first kappa shape index (κ1) is 25.0. The molecule has 27 heavy (non-hydrogen) atoms. The summed E-state index contributed by atoms with van der Waals surface area (Å²) < 4.78 is 0. The first-order chi connectivity index (χ1) is 12.1. The lowest BCUT2D eigenvalue weighted by molar-refractivity contribution is 0.112. The third kappa shape index (κ3) is 5.76. The summed E-state index contributed by atoms with van der Waals surface area (Å²) in [4.78, 5) is 0. The molecule has 0 N–H and O–H groups in total. The Morgan fingerprint density at radius 2 is 1.30 bits per heavy atom. The molecular formula is C27H54. The van der Waals surface area contributed by atoms with Crippen LogP contribution in [0.25, 0.3) is 0 Å². The molecule has 0 amide bonds. The van der Waals surface area contributed by atoms with Gasteiger partial charge in [0.05, 0.1) is 0 Å². The van der Waals surface area contributed by atoms with Crippen LogP contribution in [0, 0.1) is 45.3 Å². The van der Waals surface area contributed by atoms with Crippen molar-refractivity contribution in [1.29, 1.82) is 0 Å². The summed E-state index contributed by atoms with van der Waals surface area (Å²) in [5.74, 6) is 3.42. The monoisotopic (exact) mass is 378 g/mol. The molecule has 3 atom stereocenters. The van der Waals surface area contributed by atoms with Crippen LogP contribution in [0.1, 0.15) is 128 Å². The van der Waals surface area contributed by atoms with E-state index < -0.39 is 0 Å². The van der Waals surface area contributed by atoms with Crippen molar-refractivity contribution in [2.24, 2.45) is 45.3 Å². The van der Waals surface area contributed by atoms with Gasteiger partial charge >= 0.3 is 0 Å². The van der Waals surface area contributed by atoms with Crippen molar-refractivity contribution >= 4 is 0 Å². The van der Waals surface area contributed by atoms with Gasteiger partial charge < -0.3 is 0 Å². The molecule has 1 aliphatic rings. The highest BCUT2D eigenvalue weighted by Gasteiger charge is 2.70. The highest BCUT2D eigenvalue weighted by atomic mass is 14.7. The van der Waals surface area contributed by atoms with E-state index in [1.54, 1.807) is 0 Å². The van der Waals surface area contributed by atoms with Gasteiger partial charge in [0.2, 0.25) is 0 Å². The highest BCUT2D eigenvalue weighted by Crippen LogP contribution is 2.75. The molecule has 0 aromatic rings. The average molecular weight is 379 g/mol. The Morgan fingerprint density at radius 1 is 0.815 bits per heavy atom. The molecule has 0 saturated heterocycles. The zero-order chi connectivity index (χ0) is 21.3. The highest BCUT2D eigenvalue weighted by molar-refractivity contribution is 5.17. The minimum absolute atomic E-state index is 0.449. The van der Waals surface area contributed by atoms with E-state index in [-0.39, 0.29) is 0 Å². The first-order valence-electron chi connectivity index (χ1n) is 12.1. The molecule has 0 aromatic heterocycles. The predicted molar refractivity (Wildman–Crippen MR) is 124 cm³/mol. The normalized spacial score (nSPS) is 23.1. The minimum Gasteiger partial charge on any atom is -0.0654 e. The third-order valence-electron chi connectivity index (χ3n) is 8.98. The maximum Gasteiger partial charge on any atom is -0.0247 e. The summed E-state index contributed by atoms with van der Waals surface area (Å²) in [5, 5.41) is 0. The van der Waals surface area contributed by atoms with E-state index in [1.165, 1.54) is 44.9 Å². The van der Waals surface area contributed by atoms with Crippen LogP contribution in [0.4, 0.5) is 0 Å². The second kappa shape index (κ2) is 8.79. The second-order valence-electron chi connectivity index (χ2n) is 12.9. The van der Waals surface area contributed by atoms with Gasteiger partial charge in [-0.05, 0) is 64.6 Å². The maximum absolute atomic E-state index is 2.57. The summed E-state index contributed by atoms with van der Waals surface area (Å²) in [6, 6.07) is 0. The van der Waals surface area contributed by atoms with Crippen molar-refractivity contribution in [3.63, 3.8) is 0 Å². The Balaban J connectivity index is 2.58. The van der Waals surface area contributed by atoms with Gasteiger partial charge in [0.15, 0.2) is 0 Å². The lowest BCUT2D eigenvalue weighted by Gasteiger charge is -2.38. The summed E-state index contributed by atoms with van der Waals surface area (Å²) in [5.41, 5.74) is 1.96. The van der Waals surface area contributed by atoms with Gasteiger partial charge in [0, 0.05) is 0 Å². The van der Waals surface area contributed by atoms with Crippen LogP contribution in [0.2, 0.25) is 0 Å². The summed E-state index contributed by atoms with van der Waals surface area (Å²) in [7, 11) is 0. The van der Waals surface area contributed by atoms with Crippen molar-refractivity contribution < 1.29 is 0 Å². The fourth-order valence-corrected chi connectivity index (χ4v) is 7.29. The van der Waals surface area contributed by atoms with Crippen molar-refractivity contribution in [1.82, 2.24) is 0 Å². The molecule has 0 radical (unpaired) electrons. The van der Waals surface area contributed by atoms with Crippen LogP contribution in [0.5, 0.6) is 0 Å². The Hall–Kier alpha value is 0. The van der Waals surface area contributed by atoms with Gasteiger partial charge in [0.25, 0.3) is 0 Å². The zero-order valence-electron chi connectivity index (χ0n) is 21.3. The third-order valence-corrected chi connectivity index (χ3v) is 8.98. The molecule has 0 heterocycles. The molecule has 0 nitrogen and oxygen atoms in total. The van der Waals surface area contributed by atoms with Gasteiger partial charge in [-0.3, -0.25) is 0 Å². The quantitative estimate of drug-likeness (QED) is 0.317. The van der Waals surface area contributed by atoms with Gasteiger partial charge in [-0.2, -0.15) is 0 Å². The van der Waals surface area contributed by atoms with E-state index >= 15 is 0 Å². The second-order valence-corrected chi connectivity index (χ2v) is 12.9. The van der Waals surface area contributed by atoms with Crippen molar-refractivity contribution in [2.75, 3.05) is 0 Å². The smallest absolute Gasteiger partial charge is 0.0247 e. The van der Waals surface area contributed by atoms with Crippen molar-refractivity contribution in [3.8, 4) is 0 Å². The number of hydrogen-bond donors (Lipinski definition) is 0. The zero-order valence-corrected chi connectivity index (χ0v) is 21.3. The standard InChI is InChI=1S/C27H54/c1-13-17-24(5,6)19-21(4)16-15-20(3)18-22(14-2)25(7,8)23-26(9,10)27(23,11)12/h20-23H,13-19H2,1-12H3. The lowest BCUT2D eigenvalue weighted by Crippen LogP contribution is -2.30. The summed E-state index contributed by atoms with van der Waals surface area (Å²) in [6.07, 6.45) is 9.64. The van der Waals surface area contributed by atoms with Crippen LogP contribution in [-0.4, -0.2) is 0 Å². The SMILES string of the molecule is CCCC(C)(C)CC(C)CCC(C)CC(CC)C(C)(C)C1C(C)(C)C1(C)C. The Bertz CT molecular complexity index is 437. The Kier molecular flexibility index (Phi) is 8.15.